The number of rotatable bonds is 4. The van der Waals surface area contributed by atoms with Crippen LogP contribution in [-0.4, -0.2) is 49.0 Å². The first-order valence-corrected chi connectivity index (χ1v) is 10.1. The molecule has 2 amide bonds. The molecule has 7 nitrogen and oxygen atoms in total. The number of benzene rings is 1. The number of alkyl halides is 3. The zero-order valence-electron chi connectivity index (χ0n) is 15.8. The van der Waals surface area contributed by atoms with Crippen LogP contribution in [0, 0.1) is 0 Å². The Morgan fingerprint density at radius 3 is 2.11 bits per heavy atom. The van der Waals surface area contributed by atoms with Gasteiger partial charge in [0, 0.05) is 24.8 Å². The Morgan fingerprint density at radius 1 is 1.11 bits per heavy atom. The molecule has 0 spiro atoms. The van der Waals surface area contributed by atoms with Gasteiger partial charge in [0.25, 0.3) is 0 Å². The molecule has 11 heteroatoms. The van der Waals surface area contributed by atoms with E-state index < -0.39 is 27.2 Å². The summed E-state index contributed by atoms with van der Waals surface area (Å²) in [6.45, 7) is 5.56. The van der Waals surface area contributed by atoms with Crippen molar-refractivity contribution in [3.8, 4) is 5.75 Å². The third kappa shape index (κ3) is 5.99. The SMILES string of the molecule is CC(C)(C)S(=O)(=O)N1CCC(NC(=O)Nc2ccc(OC(F)(F)F)cc2)CC1. The molecular formula is C17H24F3N3O4S. The maximum absolute atomic E-state index is 12.4. The molecule has 0 aliphatic carbocycles. The summed E-state index contributed by atoms with van der Waals surface area (Å²) in [7, 11) is -3.40. The number of piperidine rings is 1. The fourth-order valence-electron chi connectivity index (χ4n) is 2.72. The summed E-state index contributed by atoms with van der Waals surface area (Å²) in [6, 6.07) is 4.07. The summed E-state index contributed by atoms with van der Waals surface area (Å²) in [4.78, 5) is 12.1. The Bertz CT molecular complexity index is 781. The average Bonchev–Trinajstić information content (AvgIpc) is 2.55. The minimum atomic E-state index is -4.78. The van der Waals surface area contributed by atoms with Crippen molar-refractivity contribution in [3.05, 3.63) is 24.3 Å². The van der Waals surface area contributed by atoms with Crippen LogP contribution in [0.15, 0.2) is 24.3 Å². The number of sulfonamides is 1. The Labute approximate surface area is 162 Å². The molecule has 1 aliphatic heterocycles. The van der Waals surface area contributed by atoms with Gasteiger partial charge in [-0.3, -0.25) is 0 Å². The molecule has 2 N–H and O–H groups in total. The maximum atomic E-state index is 12.4. The van der Waals surface area contributed by atoms with Gasteiger partial charge in [-0.1, -0.05) is 0 Å². The molecule has 28 heavy (non-hydrogen) atoms. The Balaban J connectivity index is 1.83. The number of nitrogens with one attached hydrogen (secondary N) is 2. The standard InChI is InChI=1S/C17H24F3N3O4S/c1-16(2,3)28(25,26)23-10-8-13(9-11-23)22-15(24)21-12-4-6-14(7-5-12)27-17(18,19)20/h4-7,13H,8-11H2,1-3H3,(H2,21,22,24). The molecule has 1 saturated heterocycles. The van der Waals surface area contributed by atoms with Gasteiger partial charge in [-0.25, -0.2) is 17.5 Å². The van der Waals surface area contributed by atoms with Gasteiger partial charge in [0.15, 0.2) is 0 Å². The summed E-state index contributed by atoms with van der Waals surface area (Å²) in [5.41, 5.74) is 0.305. The molecule has 1 aromatic rings. The predicted octanol–water partition coefficient (Wildman–Crippen LogP) is 3.30. The van der Waals surface area contributed by atoms with Crippen molar-refractivity contribution in [2.24, 2.45) is 0 Å². The lowest BCUT2D eigenvalue weighted by molar-refractivity contribution is -0.274. The van der Waals surface area contributed by atoms with E-state index in [0.717, 1.165) is 12.1 Å². The lowest BCUT2D eigenvalue weighted by atomic mass is 10.1. The molecule has 0 radical (unpaired) electrons. The van der Waals surface area contributed by atoms with E-state index in [2.05, 4.69) is 15.4 Å². The maximum Gasteiger partial charge on any atom is 0.573 e. The molecule has 0 unspecified atom stereocenters. The summed E-state index contributed by atoms with van der Waals surface area (Å²) >= 11 is 0. The largest absolute Gasteiger partial charge is 0.573 e. The average molecular weight is 423 g/mol. The van der Waals surface area contributed by atoms with Crippen LogP contribution in [0.25, 0.3) is 0 Å². The van der Waals surface area contributed by atoms with Gasteiger partial charge in [-0.2, -0.15) is 0 Å². The molecule has 158 valence electrons. The predicted molar refractivity (Wildman–Crippen MR) is 98.5 cm³/mol. The minimum Gasteiger partial charge on any atom is -0.406 e. The van der Waals surface area contributed by atoms with Crippen molar-refractivity contribution in [2.75, 3.05) is 18.4 Å². The van der Waals surface area contributed by atoms with Gasteiger partial charge in [0.05, 0.1) is 4.75 Å². The van der Waals surface area contributed by atoms with E-state index in [1.54, 1.807) is 20.8 Å². The highest BCUT2D eigenvalue weighted by Crippen LogP contribution is 2.25. The summed E-state index contributed by atoms with van der Waals surface area (Å²) in [5, 5.41) is 5.27. The fourth-order valence-corrected chi connectivity index (χ4v) is 4.19. The second kappa shape index (κ2) is 8.16. The van der Waals surface area contributed by atoms with Crippen molar-refractivity contribution < 1.29 is 31.1 Å². The van der Waals surface area contributed by atoms with Gasteiger partial charge in [0.1, 0.15) is 5.75 Å². The number of carbonyl (C=O) groups excluding carboxylic acids is 1. The number of urea groups is 1. The Hall–Kier alpha value is -2.01. The van der Waals surface area contributed by atoms with E-state index in [1.807, 2.05) is 0 Å². The summed E-state index contributed by atoms with van der Waals surface area (Å²) < 4.78 is 65.6. The second-order valence-electron chi connectivity index (χ2n) is 7.46. The van der Waals surface area contributed by atoms with Gasteiger partial charge in [-0.15, -0.1) is 13.2 Å². The summed E-state index contributed by atoms with van der Waals surface area (Å²) in [6.07, 6.45) is -3.83. The molecule has 2 rings (SSSR count). The smallest absolute Gasteiger partial charge is 0.406 e. The van der Waals surface area contributed by atoms with E-state index in [9.17, 15) is 26.4 Å². The molecule has 0 saturated carbocycles. The molecule has 0 atom stereocenters. The number of amides is 2. The first-order chi connectivity index (χ1) is 12.8. The van der Waals surface area contributed by atoms with E-state index in [-0.39, 0.29) is 11.8 Å². The Morgan fingerprint density at radius 2 is 1.64 bits per heavy atom. The van der Waals surface area contributed by atoms with Crippen molar-refractivity contribution >= 4 is 21.7 Å². The molecule has 0 aromatic heterocycles. The number of nitrogens with zero attached hydrogens (tertiary/aromatic N) is 1. The van der Waals surface area contributed by atoms with Crippen LogP contribution in [0.1, 0.15) is 33.6 Å². The fraction of sp³-hybridized carbons (Fsp3) is 0.588. The molecular weight excluding hydrogens is 399 g/mol. The van der Waals surface area contributed by atoms with Gasteiger partial charge in [0.2, 0.25) is 10.0 Å². The topological polar surface area (TPSA) is 87.7 Å². The highest BCUT2D eigenvalue weighted by atomic mass is 32.2. The highest BCUT2D eigenvalue weighted by molar-refractivity contribution is 7.90. The zero-order valence-corrected chi connectivity index (χ0v) is 16.7. The number of hydrogen-bond acceptors (Lipinski definition) is 4. The third-order valence-corrected chi connectivity index (χ3v) is 6.84. The number of anilines is 1. The van der Waals surface area contributed by atoms with Crippen LogP contribution in [0.2, 0.25) is 0 Å². The van der Waals surface area contributed by atoms with E-state index in [1.165, 1.54) is 16.4 Å². The lowest BCUT2D eigenvalue weighted by Crippen LogP contribution is -2.51. The normalized spacial score (nSPS) is 17.2. The van der Waals surface area contributed by atoms with Crippen molar-refractivity contribution in [1.29, 1.82) is 0 Å². The van der Waals surface area contributed by atoms with Crippen molar-refractivity contribution in [3.63, 3.8) is 0 Å². The minimum absolute atomic E-state index is 0.195. The molecule has 1 aromatic carbocycles. The molecule has 1 fully saturated rings. The lowest BCUT2D eigenvalue weighted by Gasteiger charge is -2.35. The number of halogens is 3. The van der Waals surface area contributed by atoms with Gasteiger partial charge in [-0.05, 0) is 57.9 Å². The van der Waals surface area contributed by atoms with E-state index in [0.29, 0.717) is 31.6 Å². The van der Waals surface area contributed by atoms with E-state index >= 15 is 0 Å². The molecule has 1 heterocycles. The molecule has 1 aliphatic rings. The zero-order chi connectivity index (χ0) is 21.2. The molecule has 0 bridgehead atoms. The van der Waals surface area contributed by atoms with Crippen molar-refractivity contribution in [1.82, 2.24) is 9.62 Å². The quantitative estimate of drug-likeness (QED) is 0.778. The third-order valence-electron chi connectivity index (χ3n) is 4.25. The van der Waals surface area contributed by atoms with Crippen LogP contribution in [0.5, 0.6) is 5.75 Å². The van der Waals surface area contributed by atoms with Crippen LogP contribution in [0.4, 0.5) is 23.7 Å². The van der Waals surface area contributed by atoms with Gasteiger partial charge >= 0.3 is 12.4 Å². The number of ether oxygens (including phenoxy) is 1. The first kappa shape index (κ1) is 22.3. The number of hydrogen-bond donors (Lipinski definition) is 2. The Kier molecular flexibility index (Phi) is 6.49. The van der Waals surface area contributed by atoms with Crippen LogP contribution in [0.3, 0.4) is 0 Å². The second-order valence-corrected chi connectivity index (χ2v) is 10.2. The van der Waals surface area contributed by atoms with Gasteiger partial charge < -0.3 is 15.4 Å². The van der Waals surface area contributed by atoms with Crippen LogP contribution in [-0.2, 0) is 10.0 Å². The monoisotopic (exact) mass is 423 g/mol. The summed E-state index contributed by atoms with van der Waals surface area (Å²) in [5.74, 6) is -0.383. The van der Waals surface area contributed by atoms with E-state index in [4.69, 9.17) is 0 Å². The van der Waals surface area contributed by atoms with Crippen molar-refractivity contribution in [2.45, 2.75) is 50.8 Å². The number of carbonyl (C=O) groups is 1. The highest BCUT2D eigenvalue weighted by Gasteiger charge is 2.37. The van der Waals surface area contributed by atoms with Crippen LogP contribution >= 0.6 is 0 Å². The van der Waals surface area contributed by atoms with Crippen LogP contribution < -0.4 is 15.4 Å². The first-order valence-electron chi connectivity index (χ1n) is 8.71.